The van der Waals surface area contributed by atoms with Gasteiger partial charge in [0.25, 0.3) is 10.1 Å². The molecule has 94 heavy (non-hydrogen) atoms. The summed E-state index contributed by atoms with van der Waals surface area (Å²) >= 11 is 0. The van der Waals surface area contributed by atoms with Gasteiger partial charge in [-0.15, -0.1) is 3.63 Å². The summed E-state index contributed by atoms with van der Waals surface area (Å²) in [5.74, 6) is 0.965. The average molecular weight is 1400 g/mol. The zero-order valence-corrected chi connectivity index (χ0v) is 69.1. The second-order valence-corrected chi connectivity index (χ2v) is 20.0. The summed E-state index contributed by atoms with van der Waals surface area (Å²) in [6, 6.07) is 36.4. The molecule has 0 aliphatic heterocycles. The van der Waals surface area contributed by atoms with Gasteiger partial charge < -0.3 is 50.5 Å². The first-order chi connectivity index (χ1) is 44.4. The van der Waals surface area contributed by atoms with Crippen molar-refractivity contribution in [2.75, 3.05) is 133 Å². The molecule has 0 amide bonds. The lowest BCUT2D eigenvalue weighted by Gasteiger charge is -2.07. The fourth-order valence-corrected chi connectivity index (χ4v) is 5.25. The van der Waals surface area contributed by atoms with Crippen LogP contribution in [0.2, 0.25) is 0 Å². The Morgan fingerprint density at radius 3 is 0.532 bits per heavy atom. The standard InChI is InChI=1S/C7H8.3C6H6O.5C5H13N.2C4H11N.C2H3F3O5S2.7C2H6/c1-7-5-3-2-4-6-7;3*7-6-4-2-1-3-5-6;5*1-4-6(3)5-2;2*1-3-5-4-2;1-11(6,7)10-12(8,9)2(3,4)5;7*1-2/h2-6H,1H3;3*1-5,7H;5*4-5H2,1-3H3;2*5H,3-4H2,1-2H3;1H3;7*1-2H3. The van der Waals surface area contributed by atoms with Gasteiger partial charge in [0.05, 0.1) is 6.26 Å². The summed E-state index contributed by atoms with van der Waals surface area (Å²) in [4.78, 5) is 11.2. The predicted molar refractivity (Wildman–Crippen MR) is 418 cm³/mol. The molecule has 20 heteroatoms. The maximum absolute atomic E-state index is 11.4. The highest BCUT2D eigenvalue weighted by atomic mass is 32.3. The number of benzene rings is 4. The normalized spacial score (nSPS) is 8.97. The third-order valence-electron chi connectivity index (χ3n) is 10.1. The molecule has 0 spiro atoms. The van der Waals surface area contributed by atoms with Crippen molar-refractivity contribution in [1.29, 1.82) is 0 Å². The summed E-state index contributed by atoms with van der Waals surface area (Å²) in [6.07, 6.45) is 0.191. The van der Waals surface area contributed by atoms with Gasteiger partial charge in [-0.05, 0) is 170 Å². The van der Waals surface area contributed by atoms with E-state index in [4.69, 9.17) is 15.3 Å². The van der Waals surface area contributed by atoms with Crippen LogP contribution >= 0.6 is 0 Å². The van der Waals surface area contributed by atoms with Gasteiger partial charge >= 0.3 is 15.6 Å². The molecule has 0 atom stereocenters. The Bertz CT molecular complexity index is 1740. The molecule has 4 rings (SSSR count). The molecule has 0 aliphatic rings. The minimum Gasteiger partial charge on any atom is -0.508 e. The molecule has 0 heterocycles. The number of nitrogens with zero attached hydrogens (tertiary/aromatic N) is 5. The van der Waals surface area contributed by atoms with Gasteiger partial charge in [-0.25, -0.2) is 0 Å². The van der Waals surface area contributed by atoms with E-state index in [-0.39, 0.29) is 6.26 Å². The first-order valence-corrected chi connectivity index (χ1v) is 37.9. The molecule has 0 fully saturated rings. The van der Waals surface area contributed by atoms with Crippen molar-refractivity contribution in [2.24, 2.45) is 0 Å². The van der Waals surface area contributed by atoms with Crippen LogP contribution < -0.4 is 10.6 Å². The zero-order chi connectivity index (χ0) is 77.9. The molecule has 0 aromatic heterocycles. The van der Waals surface area contributed by atoms with Crippen molar-refractivity contribution in [2.45, 2.75) is 206 Å². The summed E-state index contributed by atoms with van der Waals surface area (Å²) < 4.78 is 76.8. The highest BCUT2D eigenvalue weighted by Crippen LogP contribution is 2.25. The monoisotopic (exact) mass is 1390 g/mol. The Kier molecular flexibility index (Phi) is 152. The summed E-state index contributed by atoms with van der Waals surface area (Å²) in [5, 5.41) is 32.1. The van der Waals surface area contributed by atoms with Crippen LogP contribution in [-0.2, 0) is 23.9 Å². The van der Waals surface area contributed by atoms with Crippen molar-refractivity contribution < 1.29 is 49.0 Å². The van der Waals surface area contributed by atoms with Gasteiger partial charge in [0.15, 0.2) is 0 Å². The minimum atomic E-state index is -6.04. The molecule has 570 valence electrons. The summed E-state index contributed by atoms with van der Waals surface area (Å²) in [6.45, 7) is 76.1. The molecule has 5 N–H and O–H groups in total. The van der Waals surface area contributed by atoms with E-state index in [1.165, 1.54) is 5.56 Å². The van der Waals surface area contributed by atoms with Gasteiger partial charge in [0.1, 0.15) is 17.2 Å². The van der Waals surface area contributed by atoms with Gasteiger partial charge in [-0.2, -0.15) is 30.0 Å². The molecule has 0 aliphatic carbocycles. The molecule has 0 unspecified atom stereocenters. The maximum atomic E-state index is 11.4. The Morgan fingerprint density at radius 1 is 0.340 bits per heavy atom. The van der Waals surface area contributed by atoms with Crippen molar-refractivity contribution in [3.8, 4) is 17.2 Å². The molecule has 15 nitrogen and oxygen atoms in total. The maximum Gasteiger partial charge on any atom is 0.524 e. The van der Waals surface area contributed by atoms with Crippen LogP contribution in [0.5, 0.6) is 17.2 Å². The molecular formula is C74H158F3N7O8S2. The van der Waals surface area contributed by atoms with E-state index in [2.05, 4.69) is 190 Å². The van der Waals surface area contributed by atoms with E-state index in [1.54, 1.807) is 72.8 Å². The molecule has 4 aromatic carbocycles. The number of aromatic hydroxyl groups is 3. The van der Waals surface area contributed by atoms with Crippen LogP contribution in [0.1, 0.15) is 199 Å². The largest absolute Gasteiger partial charge is 0.524 e. The summed E-state index contributed by atoms with van der Waals surface area (Å²) in [5.41, 5.74) is -4.40. The third-order valence-corrected chi connectivity index (χ3v) is 12.4. The number of nitrogens with one attached hydrogen (secondary N) is 2. The fraction of sp³-hybridized carbons (Fsp3) is 0.676. The minimum absolute atomic E-state index is 0.191. The number of para-hydroxylation sites is 3. The number of alkyl halides is 3. The smallest absolute Gasteiger partial charge is 0.508 e. The molecule has 4 aromatic rings. The second-order valence-electron chi connectivity index (χ2n) is 16.7. The van der Waals surface area contributed by atoms with Gasteiger partial charge in [-0.3, -0.25) is 0 Å². The lowest BCUT2D eigenvalue weighted by molar-refractivity contribution is -0.0498. The second kappa shape index (κ2) is 113. The first kappa shape index (κ1) is 126. The average Bonchev–Trinajstić information content (AvgIpc) is 1.80. The van der Waals surface area contributed by atoms with Crippen LogP contribution in [0.4, 0.5) is 13.2 Å². The molecule has 0 saturated heterocycles. The number of hydrogen-bond acceptors (Lipinski definition) is 15. The molecule has 0 saturated carbocycles. The van der Waals surface area contributed by atoms with Crippen LogP contribution in [0.25, 0.3) is 0 Å². The van der Waals surface area contributed by atoms with Crippen LogP contribution in [-0.4, -0.2) is 195 Å². The topological polar surface area (TPSA) is 178 Å². The highest BCUT2D eigenvalue weighted by Gasteiger charge is 2.49. The molecule has 0 radical (unpaired) electrons. The zero-order valence-electron chi connectivity index (χ0n) is 67.5. The highest BCUT2D eigenvalue weighted by molar-refractivity contribution is 7.99. The van der Waals surface area contributed by atoms with Crippen molar-refractivity contribution in [1.82, 2.24) is 35.1 Å². The SMILES string of the molecule is CC.CC.CC.CC.CC.CC.CC.CCN(C)CC.CCN(C)CC.CCN(C)CC.CCN(C)CC.CCN(C)CC.CCNCC.CCNCC.CS(=O)(=O)OS(=O)(=O)C(F)(F)F.Cc1ccccc1.Oc1ccccc1.Oc1ccccc1.Oc1ccccc1. The molecular weight excluding hydrogens is 1240 g/mol. The number of rotatable bonds is 16. The molecule has 0 bridgehead atoms. The number of phenolic OH excluding ortho intramolecular Hbond substituents is 3. The number of phenols is 3. The number of aryl methyl sites for hydroxylation is 1. The van der Waals surface area contributed by atoms with Crippen LogP contribution in [0, 0.1) is 6.92 Å². The van der Waals surface area contributed by atoms with E-state index in [0.29, 0.717) is 17.2 Å². The van der Waals surface area contributed by atoms with E-state index in [1.807, 2.05) is 133 Å². The first-order valence-electron chi connectivity index (χ1n) is 34.7. The third kappa shape index (κ3) is 148. The van der Waals surface area contributed by atoms with Gasteiger partial charge in [0, 0.05) is 0 Å². The lowest BCUT2D eigenvalue weighted by Crippen LogP contribution is -2.27. The Labute approximate surface area is 585 Å². The van der Waals surface area contributed by atoms with Crippen molar-refractivity contribution >= 4 is 20.2 Å². The van der Waals surface area contributed by atoms with E-state index >= 15 is 0 Å². The lowest BCUT2D eigenvalue weighted by atomic mass is 10.2. The van der Waals surface area contributed by atoms with E-state index < -0.39 is 25.7 Å². The van der Waals surface area contributed by atoms with Crippen LogP contribution in [0.3, 0.4) is 0 Å². The predicted octanol–water partition coefficient (Wildman–Crippen LogP) is 19.2. The van der Waals surface area contributed by atoms with E-state index in [0.717, 1.165) is 91.6 Å². The van der Waals surface area contributed by atoms with Gasteiger partial charge in [-0.1, -0.05) is 284 Å². The fourth-order valence-electron chi connectivity index (χ4n) is 3.64. The van der Waals surface area contributed by atoms with Gasteiger partial charge in [0.2, 0.25) is 0 Å². The van der Waals surface area contributed by atoms with E-state index in [9.17, 15) is 30.0 Å². The number of hydrogen-bond donors (Lipinski definition) is 5. The van der Waals surface area contributed by atoms with Crippen molar-refractivity contribution in [3.63, 3.8) is 0 Å². The Balaban J connectivity index is -0.0000000551. The Hall–Kier alpha value is -4.35. The number of halogens is 3. The summed E-state index contributed by atoms with van der Waals surface area (Å²) in [7, 11) is -0.161. The van der Waals surface area contributed by atoms with Crippen LogP contribution in [0.15, 0.2) is 121 Å². The Morgan fingerprint density at radius 2 is 0.489 bits per heavy atom. The quantitative estimate of drug-likeness (QED) is 0.0669. The van der Waals surface area contributed by atoms with Crippen molar-refractivity contribution in [3.05, 3.63) is 127 Å².